The molecule has 2 heterocycles. The highest BCUT2D eigenvalue weighted by Crippen LogP contribution is 2.28. The molecule has 2 aliphatic heterocycles. The molecule has 14 nitrogen and oxygen atoms in total. The molecule has 0 bridgehead atoms. The van der Waals surface area contributed by atoms with Gasteiger partial charge in [-0.2, -0.15) is 0 Å². The zero-order chi connectivity index (χ0) is 22.3. The van der Waals surface area contributed by atoms with Gasteiger partial charge in [-0.15, -0.1) is 0 Å². The zero-order valence-corrected chi connectivity index (χ0v) is 15.2. The standard InChI is InChI=1S/C12H22O11.C3H6O3/c13-1-3-5(15)6(16)9(19)12(22-3)23-10-4(2-14)21-11(20)8(18)7(10)17;4-1-3(6)2-5/h3-20H,1-2H2;1,3,5-6H,2H2/t3-,4-,5+,6+,7-,8-,9-,10+,11-,12+;3-/m10/s1. The monoisotopic (exact) mass is 432 g/mol. The molecular weight excluding hydrogens is 404 g/mol. The Labute approximate surface area is 164 Å². The SMILES string of the molecule is O=C[C@H](O)CO.OC[C@H]1O[C@@H](O[C@@H]2[C@H](O)[C@@H](O)[C@H](O)O[C@@H]2CO)[C@H](O)[C@@H](O)[C@H]1O. The molecule has 0 unspecified atom stereocenters. The molecule has 172 valence electrons. The Bertz CT molecular complexity index is 476. The minimum absolute atomic E-state index is 0.278. The highest BCUT2D eigenvalue weighted by molar-refractivity contribution is 5.55. The lowest BCUT2D eigenvalue weighted by Gasteiger charge is -2.45. The third-order valence-electron chi connectivity index (χ3n) is 4.32. The van der Waals surface area contributed by atoms with Gasteiger partial charge in [-0.3, -0.25) is 0 Å². The van der Waals surface area contributed by atoms with E-state index in [0.29, 0.717) is 0 Å². The maximum atomic E-state index is 9.94. The Morgan fingerprint density at radius 3 is 1.83 bits per heavy atom. The minimum Gasteiger partial charge on any atom is -0.394 e. The summed E-state index contributed by atoms with van der Waals surface area (Å²) in [5.74, 6) is 0. The molecule has 14 heteroatoms. The first kappa shape index (κ1) is 26.2. The van der Waals surface area contributed by atoms with Gasteiger partial charge in [0.25, 0.3) is 0 Å². The van der Waals surface area contributed by atoms with Crippen molar-refractivity contribution >= 4 is 6.29 Å². The molecule has 0 aliphatic carbocycles. The number of rotatable bonds is 6. The molecule has 29 heavy (non-hydrogen) atoms. The number of carbonyl (C=O) groups is 1. The average Bonchev–Trinajstić information content (AvgIpc) is 2.73. The Morgan fingerprint density at radius 1 is 0.793 bits per heavy atom. The van der Waals surface area contributed by atoms with Crippen molar-refractivity contribution in [2.24, 2.45) is 0 Å². The van der Waals surface area contributed by atoms with Crippen LogP contribution in [0.4, 0.5) is 0 Å². The summed E-state index contributed by atoms with van der Waals surface area (Å²) in [5, 5.41) is 92.4. The summed E-state index contributed by atoms with van der Waals surface area (Å²) >= 11 is 0. The van der Waals surface area contributed by atoms with Gasteiger partial charge >= 0.3 is 0 Å². The van der Waals surface area contributed by atoms with E-state index in [4.69, 9.17) is 29.5 Å². The third kappa shape index (κ3) is 6.56. The van der Waals surface area contributed by atoms with E-state index in [2.05, 4.69) is 0 Å². The molecule has 2 saturated heterocycles. The van der Waals surface area contributed by atoms with E-state index in [0.717, 1.165) is 0 Å². The second-order valence-electron chi connectivity index (χ2n) is 6.41. The number of hydrogen-bond acceptors (Lipinski definition) is 14. The second-order valence-corrected chi connectivity index (χ2v) is 6.41. The molecular formula is C15H28O14. The Hall–Kier alpha value is -0.850. The minimum atomic E-state index is -1.74. The van der Waals surface area contributed by atoms with Crippen LogP contribution < -0.4 is 0 Å². The van der Waals surface area contributed by atoms with Crippen molar-refractivity contribution in [1.29, 1.82) is 0 Å². The Kier molecular flexibility index (Phi) is 10.9. The smallest absolute Gasteiger partial charge is 0.187 e. The quantitative estimate of drug-likeness (QED) is 0.175. The summed E-state index contributed by atoms with van der Waals surface area (Å²) in [7, 11) is 0. The predicted molar refractivity (Wildman–Crippen MR) is 87.8 cm³/mol. The first-order valence-corrected chi connectivity index (χ1v) is 8.63. The van der Waals surface area contributed by atoms with Gasteiger partial charge in [0, 0.05) is 0 Å². The molecule has 0 saturated carbocycles. The molecule has 10 N–H and O–H groups in total. The van der Waals surface area contributed by atoms with Gasteiger partial charge in [-0.25, -0.2) is 0 Å². The summed E-state index contributed by atoms with van der Waals surface area (Å²) < 4.78 is 15.3. The van der Waals surface area contributed by atoms with E-state index in [-0.39, 0.29) is 6.29 Å². The van der Waals surface area contributed by atoms with Crippen LogP contribution in [0.25, 0.3) is 0 Å². The largest absolute Gasteiger partial charge is 0.394 e. The highest BCUT2D eigenvalue weighted by Gasteiger charge is 2.50. The van der Waals surface area contributed by atoms with Crippen molar-refractivity contribution in [3.63, 3.8) is 0 Å². The van der Waals surface area contributed by atoms with Crippen LogP contribution in [0, 0.1) is 0 Å². The fourth-order valence-corrected chi connectivity index (χ4v) is 2.61. The lowest BCUT2D eigenvalue weighted by atomic mass is 9.97. The van der Waals surface area contributed by atoms with E-state index >= 15 is 0 Å². The van der Waals surface area contributed by atoms with E-state index in [1.807, 2.05) is 0 Å². The summed E-state index contributed by atoms with van der Waals surface area (Å²) in [6.07, 6.45) is -16.5. The van der Waals surface area contributed by atoms with Gasteiger partial charge in [-0.1, -0.05) is 0 Å². The molecule has 11 atom stereocenters. The molecule has 2 fully saturated rings. The third-order valence-corrected chi connectivity index (χ3v) is 4.32. The van der Waals surface area contributed by atoms with Crippen LogP contribution in [0.2, 0.25) is 0 Å². The second kappa shape index (κ2) is 12.1. The van der Waals surface area contributed by atoms with Crippen molar-refractivity contribution in [2.45, 2.75) is 67.5 Å². The lowest BCUT2D eigenvalue weighted by Crippen LogP contribution is -2.64. The fraction of sp³-hybridized carbons (Fsp3) is 0.933. The number of aliphatic hydroxyl groups is 10. The molecule has 2 aliphatic rings. The van der Waals surface area contributed by atoms with Gasteiger partial charge in [0.2, 0.25) is 0 Å². The predicted octanol–water partition coefficient (Wildman–Crippen LogP) is -6.86. The number of aliphatic hydroxyl groups excluding tert-OH is 10. The van der Waals surface area contributed by atoms with Crippen LogP contribution in [-0.4, -0.2) is 145 Å². The van der Waals surface area contributed by atoms with Crippen LogP contribution in [0.5, 0.6) is 0 Å². The summed E-state index contributed by atoms with van der Waals surface area (Å²) in [6, 6.07) is 0. The summed E-state index contributed by atoms with van der Waals surface area (Å²) in [4.78, 5) is 9.33. The van der Waals surface area contributed by atoms with Crippen LogP contribution in [0.3, 0.4) is 0 Å². The zero-order valence-electron chi connectivity index (χ0n) is 15.2. The van der Waals surface area contributed by atoms with Gasteiger partial charge in [0.1, 0.15) is 54.9 Å². The van der Waals surface area contributed by atoms with Crippen molar-refractivity contribution in [3.05, 3.63) is 0 Å². The first-order valence-electron chi connectivity index (χ1n) is 8.63. The average molecular weight is 432 g/mol. The van der Waals surface area contributed by atoms with E-state index in [1.54, 1.807) is 0 Å². The molecule has 0 aromatic carbocycles. The van der Waals surface area contributed by atoms with Gasteiger partial charge in [-0.05, 0) is 0 Å². The normalized spacial score (nSPS) is 43.8. The molecule has 0 radical (unpaired) electrons. The first-order chi connectivity index (χ1) is 13.6. The molecule has 0 aromatic heterocycles. The van der Waals surface area contributed by atoms with Crippen molar-refractivity contribution in [3.8, 4) is 0 Å². The van der Waals surface area contributed by atoms with Gasteiger partial charge in [0.15, 0.2) is 18.9 Å². The summed E-state index contributed by atoms with van der Waals surface area (Å²) in [5.41, 5.74) is 0. The van der Waals surface area contributed by atoms with E-state index in [9.17, 15) is 40.5 Å². The van der Waals surface area contributed by atoms with Crippen molar-refractivity contribution < 1.29 is 70.1 Å². The number of carbonyl (C=O) groups excluding carboxylic acids is 1. The maximum Gasteiger partial charge on any atom is 0.187 e. The van der Waals surface area contributed by atoms with Gasteiger partial charge in [0.05, 0.1) is 19.8 Å². The van der Waals surface area contributed by atoms with E-state index in [1.165, 1.54) is 0 Å². The van der Waals surface area contributed by atoms with Crippen LogP contribution in [-0.2, 0) is 19.0 Å². The number of aldehydes is 1. The van der Waals surface area contributed by atoms with Crippen LogP contribution in [0.15, 0.2) is 0 Å². The highest BCUT2D eigenvalue weighted by atomic mass is 16.7. The van der Waals surface area contributed by atoms with E-state index < -0.39 is 87.3 Å². The molecule has 2 rings (SSSR count). The van der Waals surface area contributed by atoms with Gasteiger partial charge < -0.3 is 70.1 Å². The fourth-order valence-electron chi connectivity index (χ4n) is 2.61. The van der Waals surface area contributed by atoms with Crippen LogP contribution >= 0.6 is 0 Å². The molecule has 0 aromatic rings. The Morgan fingerprint density at radius 2 is 1.38 bits per heavy atom. The molecule has 0 spiro atoms. The topological polar surface area (TPSA) is 247 Å². The van der Waals surface area contributed by atoms with Crippen molar-refractivity contribution in [1.82, 2.24) is 0 Å². The lowest BCUT2D eigenvalue weighted by molar-refractivity contribution is -0.355. The molecule has 0 amide bonds. The number of hydrogen-bond donors (Lipinski definition) is 10. The van der Waals surface area contributed by atoms with Crippen LogP contribution in [0.1, 0.15) is 0 Å². The Balaban J connectivity index is 0.000000612. The van der Waals surface area contributed by atoms with Crippen molar-refractivity contribution in [2.75, 3.05) is 19.8 Å². The number of ether oxygens (including phenoxy) is 3. The maximum absolute atomic E-state index is 9.94. The summed E-state index contributed by atoms with van der Waals surface area (Å²) in [6.45, 7) is -1.83.